The molecule has 1 heterocycles. The van der Waals surface area contributed by atoms with Gasteiger partial charge in [-0.3, -0.25) is 24.6 Å². The number of carbonyl (C=O) groups excluding carboxylic acids is 2. The summed E-state index contributed by atoms with van der Waals surface area (Å²) in [7, 11) is 0. The topological polar surface area (TPSA) is 101 Å². The summed E-state index contributed by atoms with van der Waals surface area (Å²) in [4.78, 5) is 37.9. The molecule has 0 aliphatic carbocycles. The molecule has 0 bridgehead atoms. The highest BCUT2D eigenvalue weighted by Gasteiger charge is 2.47. The molecule has 3 aromatic rings. The average molecular weight is 449 g/mol. The molecule has 1 aliphatic heterocycles. The van der Waals surface area contributed by atoms with E-state index in [1.165, 1.54) is 29.2 Å². The van der Waals surface area contributed by atoms with Crippen molar-refractivity contribution in [1.82, 2.24) is 0 Å². The Labute approximate surface area is 188 Å². The van der Waals surface area contributed by atoms with E-state index in [1.54, 1.807) is 48.5 Å². The first kappa shape index (κ1) is 21.3. The van der Waals surface area contributed by atoms with Crippen molar-refractivity contribution in [2.75, 3.05) is 4.90 Å². The molecule has 1 atom stereocenters. The van der Waals surface area contributed by atoms with Crippen LogP contribution in [0.1, 0.15) is 22.7 Å². The fourth-order valence-electron chi connectivity index (χ4n) is 3.68. The number of halogens is 1. The molecule has 0 aromatic heterocycles. The van der Waals surface area contributed by atoms with Crippen molar-refractivity contribution in [3.63, 3.8) is 0 Å². The van der Waals surface area contributed by atoms with Crippen LogP contribution in [-0.2, 0) is 9.59 Å². The molecule has 0 unspecified atom stereocenters. The lowest BCUT2D eigenvalue weighted by Crippen LogP contribution is -2.29. The molecule has 1 amide bonds. The van der Waals surface area contributed by atoms with E-state index < -0.39 is 22.7 Å². The fraction of sp³-hybridized carbons (Fsp3) is 0.0833. The first-order valence-electron chi connectivity index (χ1n) is 9.66. The van der Waals surface area contributed by atoms with Gasteiger partial charge in [0.15, 0.2) is 0 Å². The SMILES string of the molecule is Cc1ccc(N2C(=O)C(=O)C(=C(O)c3ccccc3)[C@H]2c2ccc([N+](=O)[O-])cc2)cc1Cl. The number of nitro groups is 1. The van der Waals surface area contributed by atoms with Crippen molar-refractivity contribution in [2.45, 2.75) is 13.0 Å². The second-order valence-electron chi connectivity index (χ2n) is 7.32. The number of ketones is 1. The number of Topliss-reactive ketones (excluding diaryl/α,β-unsaturated/α-hetero) is 1. The predicted molar refractivity (Wildman–Crippen MR) is 121 cm³/mol. The number of aliphatic hydroxyl groups excluding tert-OH is 1. The maximum atomic E-state index is 13.1. The van der Waals surface area contributed by atoms with Crippen LogP contribution in [-0.4, -0.2) is 21.7 Å². The van der Waals surface area contributed by atoms with Crippen LogP contribution in [0, 0.1) is 17.0 Å². The summed E-state index contributed by atoms with van der Waals surface area (Å²) in [6.45, 7) is 1.81. The average Bonchev–Trinajstić information content (AvgIpc) is 3.06. The minimum Gasteiger partial charge on any atom is -0.507 e. The Bertz CT molecular complexity index is 1270. The quantitative estimate of drug-likeness (QED) is 0.195. The molecule has 8 heteroatoms. The van der Waals surface area contributed by atoms with Gasteiger partial charge in [-0.1, -0.05) is 48.0 Å². The van der Waals surface area contributed by atoms with Gasteiger partial charge >= 0.3 is 0 Å². The van der Waals surface area contributed by atoms with E-state index in [1.807, 2.05) is 6.92 Å². The van der Waals surface area contributed by atoms with Gasteiger partial charge in [0.25, 0.3) is 17.4 Å². The molecule has 0 radical (unpaired) electrons. The van der Waals surface area contributed by atoms with Crippen molar-refractivity contribution in [1.29, 1.82) is 0 Å². The smallest absolute Gasteiger partial charge is 0.300 e. The van der Waals surface area contributed by atoms with E-state index in [2.05, 4.69) is 0 Å². The summed E-state index contributed by atoms with van der Waals surface area (Å²) in [5.74, 6) is -2.01. The predicted octanol–water partition coefficient (Wildman–Crippen LogP) is 5.18. The Morgan fingerprint density at radius 3 is 2.28 bits per heavy atom. The first-order chi connectivity index (χ1) is 15.3. The molecule has 160 valence electrons. The summed E-state index contributed by atoms with van der Waals surface area (Å²) in [5.41, 5.74) is 1.74. The number of anilines is 1. The molecule has 1 N–H and O–H groups in total. The lowest BCUT2D eigenvalue weighted by molar-refractivity contribution is -0.384. The van der Waals surface area contributed by atoms with Crippen LogP contribution >= 0.6 is 11.6 Å². The first-order valence-corrected chi connectivity index (χ1v) is 10.0. The van der Waals surface area contributed by atoms with Crippen LogP contribution in [0.5, 0.6) is 0 Å². The van der Waals surface area contributed by atoms with Crippen LogP contribution in [0.2, 0.25) is 5.02 Å². The normalized spacial score (nSPS) is 17.6. The number of hydrogen-bond donors (Lipinski definition) is 1. The number of benzene rings is 3. The van der Waals surface area contributed by atoms with E-state index in [0.29, 0.717) is 21.8 Å². The van der Waals surface area contributed by atoms with Gasteiger partial charge in [-0.25, -0.2) is 0 Å². The minimum absolute atomic E-state index is 0.105. The zero-order valence-electron chi connectivity index (χ0n) is 16.9. The van der Waals surface area contributed by atoms with E-state index >= 15 is 0 Å². The van der Waals surface area contributed by atoms with Crippen LogP contribution in [0.3, 0.4) is 0 Å². The Hall–Kier alpha value is -3.97. The number of nitrogens with zero attached hydrogens (tertiary/aromatic N) is 2. The lowest BCUT2D eigenvalue weighted by Gasteiger charge is -2.25. The molecular weight excluding hydrogens is 432 g/mol. The number of nitro benzene ring substituents is 1. The third-order valence-electron chi connectivity index (χ3n) is 5.34. The number of aryl methyl sites for hydroxylation is 1. The van der Waals surface area contributed by atoms with Gasteiger partial charge in [0, 0.05) is 28.4 Å². The van der Waals surface area contributed by atoms with Gasteiger partial charge in [0.05, 0.1) is 16.5 Å². The zero-order chi connectivity index (χ0) is 23.0. The molecule has 4 rings (SSSR count). The summed E-state index contributed by atoms with van der Waals surface area (Å²) in [6.07, 6.45) is 0. The molecule has 1 aliphatic rings. The van der Waals surface area contributed by atoms with Crippen LogP contribution in [0.4, 0.5) is 11.4 Å². The zero-order valence-corrected chi connectivity index (χ0v) is 17.6. The Kier molecular flexibility index (Phi) is 5.50. The van der Waals surface area contributed by atoms with Crippen molar-refractivity contribution in [3.8, 4) is 0 Å². The number of aliphatic hydroxyl groups is 1. The molecule has 0 spiro atoms. The maximum absolute atomic E-state index is 13.1. The number of non-ortho nitro benzene ring substituents is 1. The van der Waals surface area contributed by atoms with Gasteiger partial charge < -0.3 is 5.11 Å². The molecule has 32 heavy (non-hydrogen) atoms. The number of hydrogen-bond acceptors (Lipinski definition) is 5. The molecule has 1 saturated heterocycles. The second-order valence-corrected chi connectivity index (χ2v) is 7.72. The number of carbonyl (C=O) groups is 2. The van der Waals surface area contributed by atoms with Crippen LogP contribution in [0.25, 0.3) is 5.76 Å². The van der Waals surface area contributed by atoms with E-state index in [-0.39, 0.29) is 17.0 Å². The molecule has 1 fully saturated rings. The molecular formula is C24H17ClN2O5. The standard InChI is InChI=1S/C24H17ClN2O5/c1-14-7-10-18(13-19(14)25)26-21(15-8-11-17(12-9-15)27(31)32)20(23(29)24(26)30)22(28)16-5-3-2-4-6-16/h2-13,21,28H,1H3/t21-/m1/s1. The van der Waals surface area contributed by atoms with Crippen molar-refractivity contribution < 1.29 is 19.6 Å². The second kappa shape index (κ2) is 8.28. The Morgan fingerprint density at radius 1 is 1.03 bits per heavy atom. The number of amides is 1. The summed E-state index contributed by atoms with van der Waals surface area (Å²) >= 11 is 6.26. The summed E-state index contributed by atoms with van der Waals surface area (Å²) in [5, 5.41) is 22.5. The van der Waals surface area contributed by atoms with E-state index in [9.17, 15) is 24.8 Å². The third kappa shape index (κ3) is 3.63. The van der Waals surface area contributed by atoms with Crippen molar-refractivity contribution in [3.05, 3.63) is 110 Å². The molecule has 3 aromatic carbocycles. The highest BCUT2D eigenvalue weighted by molar-refractivity contribution is 6.51. The highest BCUT2D eigenvalue weighted by atomic mass is 35.5. The van der Waals surface area contributed by atoms with Gasteiger partial charge in [0.2, 0.25) is 0 Å². The van der Waals surface area contributed by atoms with Gasteiger partial charge in [0.1, 0.15) is 5.76 Å². The fourth-order valence-corrected chi connectivity index (χ4v) is 3.85. The largest absolute Gasteiger partial charge is 0.507 e. The third-order valence-corrected chi connectivity index (χ3v) is 5.75. The van der Waals surface area contributed by atoms with Crippen LogP contribution in [0.15, 0.2) is 78.4 Å². The molecule has 0 saturated carbocycles. The number of rotatable bonds is 4. The van der Waals surface area contributed by atoms with Crippen molar-refractivity contribution in [2.24, 2.45) is 0 Å². The van der Waals surface area contributed by atoms with E-state index in [0.717, 1.165) is 5.56 Å². The van der Waals surface area contributed by atoms with Crippen LogP contribution < -0.4 is 4.90 Å². The minimum atomic E-state index is -0.991. The Morgan fingerprint density at radius 2 is 1.69 bits per heavy atom. The highest BCUT2D eigenvalue weighted by Crippen LogP contribution is 2.43. The molecule has 7 nitrogen and oxygen atoms in total. The van der Waals surface area contributed by atoms with E-state index in [4.69, 9.17) is 11.6 Å². The van der Waals surface area contributed by atoms with Crippen molar-refractivity contribution >= 4 is 40.4 Å². The maximum Gasteiger partial charge on any atom is 0.300 e. The lowest BCUT2D eigenvalue weighted by atomic mass is 9.95. The van der Waals surface area contributed by atoms with Gasteiger partial charge in [-0.05, 0) is 42.3 Å². The monoisotopic (exact) mass is 448 g/mol. The summed E-state index contributed by atoms with van der Waals surface area (Å²) < 4.78 is 0. The Balaban J connectivity index is 1.94. The van der Waals surface area contributed by atoms with Gasteiger partial charge in [-0.2, -0.15) is 0 Å². The van der Waals surface area contributed by atoms with Gasteiger partial charge in [-0.15, -0.1) is 0 Å². The summed E-state index contributed by atoms with van der Waals surface area (Å²) in [6, 6.07) is 17.9.